The van der Waals surface area contributed by atoms with Gasteiger partial charge in [-0.1, -0.05) is 42.2 Å². The maximum absolute atomic E-state index is 12.1. The molecule has 140 valence electrons. The highest BCUT2D eigenvalue weighted by atomic mass is 35.5. The van der Waals surface area contributed by atoms with Crippen molar-refractivity contribution in [2.45, 2.75) is 38.1 Å². The highest BCUT2D eigenvalue weighted by Gasteiger charge is 2.15. The van der Waals surface area contributed by atoms with E-state index < -0.39 is 0 Å². The third-order valence-electron chi connectivity index (χ3n) is 4.42. The third kappa shape index (κ3) is 5.11. The molecule has 0 atom stereocenters. The SMILES string of the molecule is Cn1c(=NC(=O)CSCC(=O)NC2CCCCC2)sc2cc(Cl)ccc21. The van der Waals surface area contributed by atoms with Crippen molar-refractivity contribution in [1.82, 2.24) is 9.88 Å². The Hall–Kier alpha value is -1.31. The Bertz CT molecular complexity index is 869. The molecule has 26 heavy (non-hydrogen) atoms. The van der Waals surface area contributed by atoms with Gasteiger partial charge >= 0.3 is 0 Å². The number of nitrogens with one attached hydrogen (secondary N) is 1. The number of benzene rings is 1. The molecule has 0 bridgehead atoms. The number of rotatable bonds is 5. The molecule has 1 saturated carbocycles. The molecule has 2 aromatic rings. The molecule has 0 unspecified atom stereocenters. The largest absolute Gasteiger partial charge is 0.353 e. The van der Waals surface area contributed by atoms with Gasteiger partial charge in [-0.25, -0.2) is 0 Å². The highest BCUT2D eigenvalue weighted by molar-refractivity contribution is 8.00. The van der Waals surface area contributed by atoms with Gasteiger partial charge in [0.05, 0.1) is 21.7 Å². The number of fused-ring (bicyclic) bond motifs is 1. The minimum Gasteiger partial charge on any atom is -0.353 e. The number of halogens is 1. The fraction of sp³-hybridized carbons (Fsp3) is 0.500. The van der Waals surface area contributed by atoms with Crippen molar-refractivity contribution in [3.63, 3.8) is 0 Å². The first kappa shape index (κ1) is 19.5. The lowest BCUT2D eigenvalue weighted by atomic mass is 9.95. The summed E-state index contributed by atoms with van der Waals surface area (Å²) >= 11 is 8.76. The van der Waals surface area contributed by atoms with E-state index >= 15 is 0 Å². The lowest BCUT2D eigenvalue weighted by Crippen LogP contribution is -2.37. The Morgan fingerprint density at radius 2 is 2.08 bits per heavy atom. The summed E-state index contributed by atoms with van der Waals surface area (Å²) in [5.74, 6) is 0.282. The zero-order valence-electron chi connectivity index (χ0n) is 14.7. The van der Waals surface area contributed by atoms with Crippen LogP contribution in [-0.4, -0.2) is 33.9 Å². The van der Waals surface area contributed by atoms with Crippen LogP contribution in [0.3, 0.4) is 0 Å². The number of nitrogens with zero attached hydrogens (tertiary/aromatic N) is 2. The van der Waals surface area contributed by atoms with Gasteiger partial charge in [-0.2, -0.15) is 4.99 Å². The summed E-state index contributed by atoms with van der Waals surface area (Å²) in [7, 11) is 1.88. The van der Waals surface area contributed by atoms with E-state index in [9.17, 15) is 9.59 Å². The van der Waals surface area contributed by atoms with Crippen molar-refractivity contribution in [3.8, 4) is 0 Å². The van der Waals surface area contributed by atoms with Crippen molar-refractivity contribution in [2.75, 3.05) is 11.5 Å². The molecule has 0 aliphatic heterocycles. The van der Waals surface area contributed by atoms with Crippen LogP contribution in [0.4, 0.5) is 0 Å². The standard InChI is InChI=1S/C18H22ClN3O2S2/c1-22-14-8-7-12(19)9-15(14)26-18(22)21-17(24)11-25-10-16(23)20-13-5-3-2-4-6-13/h7-9,13H,2-6,10-11H2,1H3,(H,20,23). The summed E-state index contributed by atoms with van der Waals surface area (Å²) in [6.07, 6.45) is 5.77. The molecular formula is C18H22ClN3O2S2. The predicted octanol–water partition coefficient (Wildman–Crippen LogP) is 3.50. The number of aromatic nitrogens is 1. The second-order valence-corrected chi connectivity index (χ2v) is 8.89. The summed E-state index contributed by atoms with van der Waals surface area (Å²) in [6, 6.07) is 5.92. The van der Waals surface area contributed by atoms with Gasteiger partial charge < -0.3 is 9.88 Å². The van der Waals surface area contributed by atoms with E-state index in [0.717, 1.165) is 23.1 Å². The maximum atomic E-state index is 12.1. The number of aryl methyl sites for hydroxylation is 1. The summed E-state index contributed by atoms with van der Waals surface area (Å²) in [5.41, 5.74) is 0.991. The lowest BCUT2D eigenvalue weighted by molar-refractivity contribution is -0.119. The van der Waals surface area contributed by atoms with Gasteiger partial charge in [0.25, 0.3) is 5.91 Å². The summed E-state index contributed by atoms with van der Waals surface area (Å²) in [5, 5.41) is 3.72. The normalized spacial score (nSPS) is 16.2. The number of hydrogen-bond acceptors (Lipinski definition) is 4. The Kier molecular flexibility index (Phi) is 6.78. The molecule has 1 fully saturated rings. The Balaban J connectivity index is 1.53. The average Bonchev–Trinajstić information content (AvgIpc) is 2.90. The number of hydrogen-bond donors (Lipinski definition) is 1. The molecule has 1 heterocycles. The average molecular weight is 412 g/mol. The van der Waals surface area contributed by atoms with Gasteiger partial charge in [0.15, 0.2) is 4.80 Å². The Morgan fingerprint density at radius 1 is 1.31 bits per heavy atom. The predicted molar refractivity (Wildman–Crippen MR) is 109 cm³/mol. The van der Waals surface area contributed by atoms with E-state index in [1.807, 2.05) is 29.8 Å². The van der Waals surface area contributed by atoms with Crippen LogP contribution in [0.15, 0.2) is 23.2 Å². The first-order valence-corrected chi connectivity index (χ1v) is 11.1. The van der Waals surface area contributed by atoms with Crippen LogP contribution in [0.25, 0.3) is 10.2 Å². The number of thioether (sulfide) groups is 1. The fourth-order valence-electron chi connectivity index (χ4n) is 3.10. The summed E-state index contributed by atoms with van der Waals surface area (Å²) in [4.78, 5) is 28.9. The monoisotopic (exact) mass is 411 g/mol. The van der Waals surface area contributed by atoms with Crippen LogP contribution >= 0.6 is 34.7 Å². The zero-order valence-corrected chi connectivity index (χ0v) is 17.1. The molecule has 0 saturated heterocycles. The van der Waals surface area contributed by atoms with Crippen LogP contribution < -0.4 is 10.1 Å². The molecule has 1 aromatic heterocycles. The molecule has 1 aromatic carbocycles. The van der Waals surface area contributed by atoms with E-state index in [1.54, 1.807) is 0 Å². The van der Waals surface area contributed by atoms with Crippen LogP contribution in [0.5, 0.6) is 0 Å². The maximum Gasteiger partial charge on any atom is 0.258 e. The number of thiazole rings is 1. The van der Waals surface area contributed by atoms with Gasteiger partial charge in [-0.05, 0) is 31.0 Å². The van der Waals surface area contributed by atoms with E-state index in [1.165, 1.54) is 42.4 Å². The van der Waals surface area contributed by atoms with Crippen molar-refractivity contribution in [2.24, 2.45) is 12.0 Å². The number of carbonyl (C=O) groups is 2. The van der Waals surface area contributed by atoms with E-state index in [4.69, 9.17) is 11.6 Å². The molecule has 3 rings (SSSR count). The topological polar surface area (TPSA) is 63.5 Å². The Morgan fingerprint density at radius 3 is 2.85 bits per heavy atom. The number of amides is 2. The first-order valence-electron chi connectivity index (χ1n) is 8.72. The minimum absolute atomic E-state index is 0.0109. The second kappa shape index (κ2) is 9.06. The molecular weight excluding hydrogens is 390 g/mol. The molecule has 5 nitrogen and oxygen atoms in total. The smallest absolute Gasteiger partial charge is 0.258 e. The van der Waals surface area contributed by atoms with Crippen molar-refractivity contribution < 1.29 is 9.59 Å². The molecule has 2 amide bonds. The van der Waals surface area contributed by atoms with Crippen molar-refractivity contribution in [1.29, 1.82) is 0 Å². The van der Waals surface area contributed by atoms with Crippen LogP contribution in [0, 0.1) is 0 Å². The molecule has 1 N–H and O–H groups in total. The Labute approximate surface area is 165 Å². The van der Waals surface area contributed by atoms with Crippen LogP contribution in [-0.2, 0) is 16.6 Å². The summed E-state index contributed by atoms with van der Waals surface area (Å²) in [6.45, 7) is 0. The van der Waals surface area contributed by atoms with E-state index in [-0.39, 0.29) is 17.6 Å². The van der Waals surface area contributed by atoms with Crippen LogP contribution in [0.1, 0.15) is 32.1 Å². The molecule has 0 radical (unpaired) electrons. The van der Waals surface area contributed by atoms with Crippen molar-refractivity contribution >= 4 is 56.7 Å². The lowest BCUT2D eigenvalue weighted by Gasteiger charge is -2.22. The van der Waals surface area contributed by atoms with Crippen molar-refractivity contribution in [3.05, 3.63) is 28.0 Å². The minimum atomic E-state index is -0.228. The molecule has 1 aliphatic rings. The second-order valence-electron chi connectivity index (χ2n) is 6.46. The van der Waals surface area contributed by atoms with Crippen LogP contribution in [0.2, 0.25) is 5.02 Å². The van der Waals surface area contributed by atoms with Gasteiger partial charge in [-0.15, -0.1) is 11.8 Å². The van der Waals surface area contributed by atoms with Gasteiger partial charge in [0.2, 0.25) is 5.91 Å². The quantitative estimate of drug-likeness (QED) is 0.818. The van der Waals surface area contributed by atoms with Gasteiger partial charge in [-0.3, -0.25) is 9.59 Å². The van der Waals surface area contributed by atoms with E-state index in [0.29, 0.717) is 21.6 Å². The molecule has 8 heteroatoms. The van der Waals surface area contributed by atoms with E-state index in [2.05, 4.69) is 10.3 Å². The first-order chi connectivity index (χ1) is 12.5. The molecule has 1 aliphatic carbocycles. The fourth-order valence-corrected chi connectivity index (χ4v) is 5.02. The van der Waals surface area contributed by atoms with Gasteiger partial charge in [0, 0.05) is 18.1 Å². The molecule has 0 spiro atoms. The summed E-state index contributed by atoms with van der Waals surface area (Å²) < 4.78 is 2.88. The number of carbonyl (C=O) groups excluding carboxylic acids is 2. The third-order valence-corrected chi connectivity index (χ3v) is 6.67. The zero-order chi connectivity index (χ0) is 18.5. The van der Waals surface area contributed by atoms with Gasteiger partial charge in [0.1, 0.15) is 0 Å². The highest BCUT2D eigenvalue weighted by Crippen LogP contribution is 2.21.